The molecule has 2 N–H and O–H groups in total. The summed E-state index contributed by atoms with van der Waals surface area (Å²) in [4.78, 5) is 6.62. The van der Waals surface area contributed by atoms with E-state index in [0.717, 1.165) is 49.5 Å². The Bertz CT molecular complexity index is 811. The summed E-state index contributed by atoms with van der Waals surface area (Å²) in [5, 5.41) is 8.71. The molecule has 6 heteroatoms. The highest BCUT2D eigenvalue weighted by atomic mass is 15.3. The van der Waals surface area contributed by atoms with Crippen LogP contribution < -0.4 is 5.73 Å². The number of likely N-dealkylation sites (tertiary alicyclic amines) is 1. The van der Waals surface area contributed by atoms with Gasteiger partial charge in [-0.15, -0.1) is 10.2 Å². The first kappa shape index (κ1) is 14.1. The third-order valence-electron chi connectivity index (χ3n) is 4.53. The minimum Gasteiger partial charge on any atom is -0.383 e. The Morgan fingerprint density at radius 2 is 2.13 bits per heavy atom. The summed E-state index contributed by atoms with van der Waals surface area (Å²) in [6.45, 7) is 2.90. The smallest absolute Gasteiger partial charge is 0.160 e. The minimum atomic E-state index is 0.402. The Morgan fingerprint density at radius 1 is 1.17 bits per heavy atom. The molecule has 3 aromatic rings. The average molecular weight is 308 g/mol. The first-order valence-corrected chi connectivity index (χ1v) is 8.02. The highest BCUT2D eigenvalue weighted by Crippen LogP contribution is 2.27. The maximum Gasteiger partial charge on any atom is 0.160 e. The van der Waals surface area contributed by atoms with Crippen molar-refractivity contribution in [3.63, 3.8) is 0 Å². The summed E-state index contributed by atoms with van der Waals surface area (Å²) in [5.74, 6) is 2.09. The molecular weight excluding hydrogens is 288 g/mol. The zero-order chi connectivity index (χ0) is 15.6. The van der Waals surface area contributed by atoms with Gasteiger partial charge in [0.15, 0.2) is 5.65 Å². The monoisotopic (exact) mass is 308 g/mol. The molecule has 4 rings (SSSR count). The van der Waals surface area contributed by atoms with Crippen LogP contribution in [0, 0.1) is 0 Å². The number of nitrogens with two attached hydrogens (primary N) is 1. The van der Waals surface area contributed by atoms with Gasteiger partial charge in [-0.1, -0.05) is 12.1 Å². The van der Waals surface area contributed by atoms with Crippen molar-refractivity contribution >= 4 is 11.5 Å². The summed E-state index contributed by atoms with van der Waals surface area (Å²) >= 11 is 0. The van der Waals surface area contributed by atoms with Crippen molar-refractivity contribution < 1.29 is 0 Å². The topological polar surface area (TPSA) is 72.3 Å². The average Bonchev–Trinajstić information content (AvgIpc) is 3.01. The van der Waals surface area contributed by atoms with Crippen LogP contribution in [-0.4, -0.2) is 37.6 Å². The van der Waals surface area contributed by atoms with E-state index in [1.54, 1.807) is 6.20 Å². The van der Waals surface area contributed by atoms with E-state index >= 15 is 0 Å². The molecule has 1 aliphatic heterocycles. The van der Waals surface area contributed by atoms with E-state index < -0.39 is 0 Å². The SMILES string of the molecule is Nc1ncccc1CN1CCC[C@H](c2nnc3ccccn23)C1. The molecule has 0 saturated carbocycles. The normalized spacial score (nSPS) is 19.2. The molecule has 23 heavy (non-hydrogen) atoms. The Morgan fingerprint density at radius 3 is 3.04 bits per heavy atom. The fourth-order valence-corrected chi connectivity index (χ4v) is 3.37. The van der Waals surface area contributed by atoms with Crippen molar-refractivity contribution in [1.29, 1.82) is 0 Å². The molecule has 1 fully saturated rings. The molecule has 3 aromatic heterocycles. The van der Waals surface area contributed by atoms with Gasteiger partial charge in [0.25, 0.3) is 0 Å². The predicted molar refractivity (Wildman–Crippen MR) is 88.9 cm³/mol. The van der Waals surface area contributed by atoms with Gasteiger partial charge in [-0.3, -0.25) is 9.30 Å². The molecule has 4 heterocycles. The summed E-state index contributed by atoms with van der Waals surface area (Å²) in [7, 11) is 0. The van der Waals surface area contributed by atoms with Crippen LogP contribution in [0.1, 0.15) is 30.1 Å². The van der Waals surface area contributed by atoms with Gasteiger partial charge in [0.1, 0.15) is 11.6 Å². The van der Waals surface area contributed by atoms with Crippen molar-refractivity contribution in [3.05, 3.63) is 54.1 Å². The molecule has 6 nitrogen and oxygen atoms in total. The number of aromatic nitrogens is 4. The van der Waals surface area contributed by atoms with E-state index in [1.807, 2.05) is 30.5 Å². The highest BCUT2D eigenvalue weighted by molar-refractivity contribution is 5.39. The van der Waals surface area contributed by atoms with Crippen LogP contribution in [0.3, 0.4) is 0 Å². The first-order chi connectivity index (χ1) is 11.3. The second-order valence-corrected chi connectivity index (χ2v) is 6.11. The molecule has 0 spiro atoms. The van der Waals surface area contributed by atoms with Crippen LogP contribution in [0.2, 0.25) is 0 Å². The predicted octanol–water partition coefficient (Wildman–Crippen LogP) is 2.09. The maximum absolute atomic E-state index is 5.98. The number of nitrogen functional groups attached to an aromatic ring is 1. The number of fused-ring (bicyclic) bond motifs is 1. The van der Waals surface area contributed by atoms with Gasteiger partial charge < -0.3 is 5.73 Å². The zero-order valence-corrected chi connectivity index (χ0v) is 13.0. The summed E-state index contributed by atoms with van der Waals surface area (Å²) in [6.07, 6.45) is 6.09. The lowest BCUT2D eigenvalue weighted by Gasteiger charge is -2.32. The number of anilines is 1. The number of rotatable bonds is 3. The van der Waals surface area contributed by atoms with Gasteiger partial charge in [0.2, 0.25) is 0 Å². The molecular formula is C17H20N6. The molecule has 0 aliphatic carbocycles. The molecule has 0 amide bonds. The Balaban J connectivity index is 1.54. The largest absolute Gasteiger partial charge is 0.383 e. The van der Waals surface area contributed by atoms with Crippen molar-refractivity contribution in [1.82, 2.24) is 24.5 Å². The molecule has 0 radical (unpaired) electrons. The van der Waals surface area contributed by atoms with Crippen LogP contribution >= 0.6 is 0 Å². The Labute approximate surface area is 135 Å². The van der Waals surface area contributed by atoms with Crippen molar-refractivity contribution in [2.45, 2.75) is 25.3 Å². The zero-order valence-electron chi connectivity index (χ0n) is 13.0. The van der Waals surface area contributed by atoms with E-state index in [2.05, 4.69) is 30.5 Å². The third-order valence-corrected chi connectivity index (χ3v) is 4.53. The van der Waals surface area contributed by atoms with Gasteiger partial charge in [-0.25, -0.2) is 4.98 Å². The molecule has 1 saturated heterocycles. The molecule has 0 aromatic carbocycles. The highest BCUT2D eigenvalue weighted by Gasteiger charge is 2.25. The van der Waals surface area contributed by atoms with Gasteiger partial charge in [-0.2, -0.15) is 0 Å². The lowest BCUT2D eigenvalue weighted by atomic mass is 9.96. The van der Waals surface area contributed by atoms with E-state index in [0.29, 0.717) is 11.7 Å². The van der Waals surface area contributed by atoms with Crippen molar-refractivity contribution in [2.24, 2.45) is 0 Å². The second-order valence-electron chi connectivity index (χ2n) is 6.11. The number of nitrogens with zero attached hydrogens (tertiary/aromatic N) is 5. The fourth-order valence-electron chi connectivity index (χ4n) is 3.37. The van der Waals surface area contributed by atoms with Gasteiger partial charge in [-0.05, 0) is 37.6 Å². The van der Waals surface area contributed by atoms with Gasteiger partial charge in [0.05, 0.1) is 0 Å². The Kier molecular flexibility index (Phi) is 3.67. The maximum atomic E-state index is 5.98. The number of hydrogen-bond donors (Lipinski definition) is 1. The van der Waals surface area contributed by atoms with Crippen LogP contribution in [0.5, 0.6) is 0 Å². The molecule has 1 aliphatic rings. The number of hydrogen-bond acceptors (Lipinski definition) is 5. The molecule has 1 atom stereocenters. The summed E-state index contributed by atoms with van der Waals surface area (Å²) in [5.41, 5.74) is 7.99. The number of pyridine rings is 2. The van der Waals surface area contributed by atoms with E-state index in [9.17, 15) is 0 Å². The lowest BCUT2D eigenvalue weighted by Crippen LogP contribution is -2.34. The third kappa shape index (κ3) is 2.77. The lowest BCUT2D eigenvalue weighted by molar-refractivity contribution is 0.196. The molecule has 0 unspecified atom stereocenters. The Hall–Kier alpha value is -2.47. The van der Waals surface area contributed by atoms with Gasteiger partial charge in [0, 0.05) is 37.0 Å². The standard InChI is InChI=1S/C17H20N6/c18-16-13(5-3-8-19-16)11-22-9-4-6-14(12-22)17-21-20-15-7-1-2-10-23(15)17/h1-3,5,7-8,10,14H,4,6,9,11-12H2,(H2,18,19)/t14-/m0/s1. The van der Waals surface area contributed by atoms with E-state index in [1.165, 1.54) is 0 Å². The van der Waals surface area contributed by atoms with Crippen LogP contribution in [0.15, 0.2) is 42.7 Å². The van der Waals surface area contributed by atoms with E-state index in [-0.39, 0.29) is 0 Å². The summed E-state index contributed by atoms with van der Waals surface area (Å²) < 4.78 is 2.10. The summed E-state index contributed by atoms with van der Waals surface area (Å²) in [6, 6.07) is 10.0. The first-order valence-electron chi connectivity index (χ1n) is 8.02. The number of piperidine rings is 1. The fraction of sp³-hybridized carbons (Fsp3) is 0.353. The van der Waals surface area contributed by atoms with Crippen molar-refractivity contribution in [3.8, 4) is 0 Å². The second kappa shape index (κ2) is 5.96. The van der Waals surface area contributed by atoms with E-state index in [4.69, 9.17) is 5.73 Å². The van der Waals surface area contributed by atoms with Crippen LogP contribution in [-0.2, 0) is 6.54 Å². The van der Waals surface area contributed by atoms with Crippen molar-refractivity contribution in [2.75, 3.05) is 18.8 Å². The van der Waals surface area contributed by atoms with Gasteiger partial charge >= 0.3 is 0 Å². The minimum absolute atomic E-state index is 0.402. The van der Waals surface area contributed by atoms with Crippen LogP contribution in [0.4, 0.5) is 5.82 Å². The molecule has 118 valence electrons. The quantitative estimate of drug-likeness (QED) is 0.802. The van der Waals surface area contributed by atoms with Crippen LogP contribution in [0.25, 0.3) is 5.65 Å². The molecule has 0 bridgehead atoms.